The minimum Gasteiger partial charge on any atom is -0.497 e. The van der Waals surface area contributed by atoms with Crippen LogP contribution in [0.4, 0.5) is 0 Å². The normalized spacial score (nSPS) is 13.8. The number of nitrogens with zero attached hydrogens (tertiary/aromatic N) is 1. The Hall–Kier alpha value is -1.59. The summed E-state index contributed by atoms with van der Waals surface area (Å²) in [5, 5.41) is 2.94. The SMILES string of the molecule is CCC(C)(N)c1nc(-c2cc(OC)ccc2OC)cs1. The van der Waals surface area contributed by atoms with Crippen molar-refractivity contribution in [2.75, 3.05) is 14.2 Å². The molecular formula is C15H20N2O2S. The van der Waals surface area contributed by atoms with Gasteiger partial charge in [0.05, 0.1) is 25.5 Å². The van der Waals surface area contributed by atoms with Gasteiger partial charge in [0.1, 0.15) is 16.5 Å². The standard InChI is InChI=1S/C15H20N2O2S/c1-5-15(2,16)14-17-12(9-20-14)11-8-10(18-3)6-7-13(11)19-4/h6-9H,5,16H2,1-4H3. The molecule has 0 saturated carbocycles. The smallest absolute Gasteiger partial charge is 0.128 e. The van der Waals surface area contributed by atoms with Gasteiger partial charge in [-0.3, -0.25) is 0 Å². The molecule has 2 rings (SSSR count). The molecule has 0 aliphatic carbocycles. The summed E-state index contributed by atoms with van der Waals surface area (Å²) in [5.41, 5.74) is 7.64. The van der Waals surface area contributed by atoms with Gasteiger partial charge in [-0.1, -0.05) is 6.92 Å². The lowest BCUT2D eigenvalue weighted by molar-refractivity contribution is 0.404. The molecule has 0 amide bonds. The van der Waals surface area contributed by atoms with Crippen LogP contribution in [0, 0.1) is 0 Å². The average Bonchev–Trinajstić information content (AvgIpc) is 2.97. The first-order valence-corrected chi connectivity index (χ1v) is 7.37. The Morgan fingerprint density at radius 2 is 2.05 bits per heavy atom. The van der Waals surface area contributed by atoms with Gasteiger partial charge in [-0.05, 0) is 31.5 Å². The molecule has 0 radical (unpaired) electrons. The zero-order chi connectivity index (χ0) is 14.8. The molecule has 2 N–H and O–H groups in total. The Bertz CT molecular complexity index is 593. The van der Waals surface area contributed by atoms with Crippen LogP contribution in [0.3, 0.4) is 0 Å². The molecular weight excluding hydrogens is 272 g/mol. The highest BCUT2D eigenvalue weighted by Crippen LogP contribution is 2.36. The minimum atomic E-state index is -0.394. The quantitative estimate of drug-likeness (QED) is 0.917. The number of nitrogens with two attached hydrogens (primary N) is 1. The van der Waals surface area contributed by atoms with Crippen molar-refractivity contribution in [3.63, 3.8) is 0 Å². The monoisotopic (exact) mass is 292 g/mol. The summed E-state index contributed by atoms with van der Waals surface area (Å²) in [4.78, 5) is 4.66. The maximum absolute atomic E-state index is 6.25. The fraction of sp³-hybridized carbons (Fsp3) is 0.400. The van der Waals surface area contributed by atoms with Gasteiger partial charge < -0.3 is 15.2 Å². The van der Waals surface area contributed by atoms with E-state index in [4.69, 9.17) is 15.2 Å². The van der Waals surface area contributed by atoms with Crippen LogP contribution in [0.5, 0.6) is 11.5 Å². The predicted molar refractivity (Wildman–Crippen MR) is 82.5 cm³/mol. The number of aromatic nitrogens is 1. The summed E-state index contributed by atoms with van der Waals surface area (Å²) in [5.74, 6) is 1.55. The second-order valence-electron chi connectivity index (χ2n) is 4.88. The van der Waals surface area contributed by atoms with Gasteiger partial charge in [-0.15, -0.1) is 11.3 Å². The number of ether oxygens (including phenoxy) is 2. The highest BCUT2D eigenvalue weighted by molar-refractivity contribution is 7.10. The second kappa shape index (κ2) is 5.81. The molecule has 0 spiro atoms. The van der Waals surface area contributed by atoms with E-state index in [-0.39, 0.29) is 0 Å². The lowest BCUT2D eigenvalue weighted by atomic mass is 10.0. The molecule has 1 aromatic carbocycles. The summed E-state index contributed by atoms with van der Waals surface area (Å²) in [6.45, 7) is 4.06. The molecule has 4 nitrogen and oxygen atoms in total. The Morgan fingerprint density at radius 1 is 1.30 bits per heavy atom. The molecule has 1 heterocycles. The number of hydrogen-bond acceptors (Lipinski definition) is 5. The third-order valence-electron chi connectivity index (χ3n) is 3.41. The van der Waals surface area contributed by atoms with E-state index in [1.807, 2.05) is 30.5 Å². The van der Waals surface area contributed by atoms with Gasteiger partial charge in [0.15, 0.2) is 0 Å². The molecule has 0 fully saturated rings. The van der Waals surface area contributed by atoms with Gasteiger partial charge in [-0.25, -0.2) is 4.98 Å². The van der Waals surface area contributed by atoms with Crippen molar-refractivity contribution >= 4 is 11.3 Å². The molecule has 0 saturated heterocycles. The van der Waals surface area contributed by atoms with Crippen LogP contribution in [-0.4, -0.2) is 19.2 Å². The van der Waals surface area contributed by atoms with E-state index in [9.17, 15) is 0 Å². The van der Waals surface area contributed by atoms with E-state index in [1.54, 1.807) is 25.6 Å². The van der Waals surface area contributed by atoms with Crippen LogP contribution in [0.1, 0.15) is 25.3 Å². The van der Waals surface area contributed by atoms with E-state index < -0.39 is 5.54 Å². The summed E-state index contributed by atoms with van der Waals surface area (Å²) in [7, 11) is 3.30. The molecule has 1 unspecified atom stereocenters. The van der Waals surface area contributed by atoms with Gasteiger partial charge in [0, 0.05) is 10.9 Å². The molecule has 20 heavy (non-hydrogen) atoms. The number of thiazole rings is 1. The zero-order valence-electron chi connectivity index (χ0n) is 12.3. The van der Waals surface area contributed by atoms with Gasteiger partial charge in [0.25, 0.3) is 0 Å². The second-order valence-corrected chi connectivity index (χ2v) is 5.73. The van der Waals surface area contributed by atoms with Crippen molar-refractivity contribution in [3.8, 4) is 22.8 Å². The first-order chi connectivity index (χ1) is 9.51. The summed E-state index contributed by atoms with van der Waals surface area (Å²) in [6.07, 6.45) is 0.842. The van der Waals surface area contributed by atoms with Crippen LogP contribution in [0.15, 0.2) is 23.6 Å². The lowest BCUT2D eigenvalue weighted by Crippen LogP contribution is -2.31. The first kappa shape index (κ1) is 14.8. The molecule has 1 aromatic heterocycles. The molecule has 0 bridgehead atoms. The topological polar surface area (TPSA) is 57.4 Å². The maximum atomic E-state index is 6.25. The molecule has 0 aliphatic rings. The van der Waals surface area contributed by atoms with Crippen molar-refractivity contribution in [1.29, 1.82) is 0 Å². The van der Waals surface area contributed by atoms with E-state index in [2.05, 4.69) is 11.9 Å². The van der Waals surface area contributed by atoms with E-state index >= 15 is 0 Å². The lowest BCUT2D eigenvalue weighted by Gasteiger charge is -2.19. The Morgan fingerprint density at radius 3 is 2.65 bits per heavy atom. The number of rotatable bonds is 5. The number of methoxy groups -OCH3 is 2. The van der Waals surface area contributed by atoms with Gasteiger partial charge >= 0.3 is 0 Å². The third kappa shape index (κ3) is 2.78. The molecule has 2 aromatic rings. The van der Waals surface area contributed by atoms with Crippen LogP contribution in [0.2, 0.25) is 0 Å². The summed E-state index contributed by atoms with van der Waals surface area (Å²) < 4.78 is 10.7. The third-order valence-corrected chi connectivity index (χ3v) is 4.53. The minimum absolute atomic E-state index is 0.394. The molecule has 1 atom stereocenters. The molecule has 5 heteroatoms. The van der Waals surface area contributed by atoms with Crippen molar-refractivity contribution in [2.24, 2.45) is 5.73 Å². The van der Waals surface area contributed by atoms with Gasteiger partial charge in [-0.2, -0.15) is 0 Å². The zero-order valence-corrected chi connectivity index (χ0v) is 13.1. The average molecular weight is 292 g/mol. The van der Waals surface area contributed by atoms with Gasteiger partial charge in [0.2, 0.25) is 0 Å². The largest absolute Gasteiger partial charge is 0.497 e. The summed E-state index contributed by atoms with van der Waals surface area (Å²) >= 11 is 1.58. The Kier molecular flexibility index (Phi) is 4.30. The number of hydrogen-bond donors (Lipinski definition) is 1. The highest BCUT2D eigenvalue weighted by atomic mass is 32.1. The fourth-order valence-corrected chi connectivity index (χ4v) is 2.79. The fourth-order valence-electron chi connectivity index (χ4n) is 1.83. The van der Waals surface area contributed by atoms with E-state index in [0.717, 1.165) is 34.2 Å². The van der Waals surface area contributed by atoms with E-state index in [0.29, 0.717) is 0 Å². The van der Waals surface area contributed by atoms with Crippen molar-refractivity contribution in [3.05, 3.63) is 28.6 Å². The van der Waals surface area contributed by atoms with Crippen molar-refractivity contribution in [2.45, 2.75) is 25.8 Å². The molecule has 108 valence electrons. The van der Waals surface area contributed by atoms with E-state index in [1.165, 1.54) is 0 Å². The first-order valence-electron chi connectivity index (χ1n) is 6.49. The van der Waals surface area contributed by atoms with Crippen molar-refractivity contribution < 1.29 is 9.47 Å². The maximum Gasteiger partial charge on any atom is 0.128 e. The highest BCUT2D eigenvalue weighted by Gasteiger charge is 2.23. The van der Waals surface area contributed by atoms with Crippen LogP contribution < -0.4 is 15.2 Å². The molecule has 0 aliphatic heterocycles. The Balaban J connectivity index is 2.46. The van der Waals surface area contributed by atoms with Crippen molar-refractivity contribution in [1.82, 2.24) is 4.98 Å². The number of benzene rings is 1. The Labute approximate surface area is 123 Å². The van der Waals surface area contributed by atoms with Crippen LogP contribution >= 0.6 is 11.3 Å². The summed E-state index contributed by atoms with van der Waals surface area (Å²) in [6, 6.07) is 5.68. The predicted octanol–water partition coefficient (Wildman–Crippen LogP) is 3.41. The van der Waals surface area contributed by atoms with Crippen LogP contribution in [0.25, 0.3) is 11.3 Å². The van der Waals surface area contributed by atoms with Crippen LogP contribution in [-0.2, 0) is 5.54 Å².